The summed E-state index contributed by atoms with van der Waals surface area (Å²) in [6.07, 6.45) is 0.739. The first-order valence-corrected chi connectivity index (χ1v) is 9.11. The summed E-state index contributed by atoms with van der Waals surface area (Å²) in [7, 11) is 1.66. The zero-order valence-electron chi connectivity index (χ0n) is 15.0. The molecule has 5 nitrogen and oxygen atoms in total. The molecule has 146 valence electrons. The molecule has 8 heteroatoms. The largest absolute Gasteiger partial charge is 0.356 e. The Kier molecular flexibility index (Phi) is 11.0. The Balaban J connectivity index is 0.00000364. The highest BCUT2D eigenvalue weighted by atomic mass is 127. The number of aliphatic imine (C=N–C) groups is 1. The predicted octanol–water partition coefficient (Wildman–Crippen LogP) is 3.69. The Morgan fingerprint density at radius 2 is 1.70 bits per heavy atom. The Labute approximate surface area is 184 Å². The number of benzene rings is 2. The van der Waals surface area contributed by atoms with Crippen molar-refractivity contribution >= 4 is 51.8 Å². The minimum absolute atomic E-state index is 0. The molecule has 0 saturated heterocycles. The molecule has 0 fully saturated rings. The number of guanidine groups is 1. The van der Waals surface area contributed by atoms with Crippen LogP contribution < -0.4 is 16.0 Å². The summed E-state index contributed by atoms with van der Waals surface area (Å²) < 4.78 is 14.5. The van der Waals surface area contributed by atoms with Crippen molar-refractivity contribution in [2.24, 2.45) is 4.99 Å². The van der Waals surface area contributed by atoms with Crippen molar-refractivity contribution in [3.63, 3.8) is 0 Å². The summed E-state index contributed by atoms with van der Waals surface area (Å²) in [5.41, 5.74) is 1.21. The second-order valence-corrected chi connectivity index (χ2v) is 6.48. The van der Waals surface area contributed by atoms with E-state index in [9.17, 15) is 9.18 Å². The Morgan fingerprint density at radius 1 is 1.04 bits per heavy atom. The second-order valence-electron chi connectivity index (χ2n) is 5.56. The number of hydrogen-bond acceptors (Lipinski definition) is 2. The van der Waals surface area contributed by atoms with Gasteiger partial charge in [0.1, 0.15) is 5.82 Å². The van der Waals surface area contributed by atoms with Crippen LogP contribution in [-0.4, -0.2) is 32.0 Å². The molecule has 0 radical (unpaired) electrons. The van der Waals surface area contributed by atoms with Crippen molar-refractivity contribution in [3.05, 3.63) is 69.9 Å². The van der Waals surface area contributed by atoms with Crippen LogP contribution in [0.3, 0.4) is 0 Å². The first kappa shape index (κ1) is 23.4. The fourth-order valence-electron chi connectivity index (χ4n) is 2.24. The fourth-order valence-corrected chi connectivity index (χ4v) is 2.51. The van der Waals surface area contributed by atoms with Crippen LogP contribution in [0.25, 0.3) is 0 Å². The highest BCUT2D eigenvalue weighted by Gasteiger charge is 2.05. The third kappa shape index (κ3) is 8.25. The van der Waals surface area contributed by atoms with Crippen molar-refractivity contribution in [3.8, 4) is 0 Å². The van der Waals surface area contributed by atoms with Gasteiger partial charge in [0, 0.05) is 42.3 Å². The molecule has 2 aromatic rings. The molecule has 0 atom stereocenters. The number of nitrogens with zero attached hydrogens (tertiary/aromatic N) is 1. The van der Waals surface area contributed by atoms with Crippen LogP contribution in [-0.2, 0) is 6.54 Å². The molecule has 0 aliphatic rings. The van der Waals surface area contributed by atoms with E-state index in [1.165, 1.54) is 6.07 Å². The third-order valence-electron chi connectivity index (χ3n) is 3.67. The summed E-state index contributed by atoms with van der Waals surface area (Å²) in [5, 5.41) is 9.07. The van der Waals surface area contributed by atoms with Crippen molar-refractivity contribution in [1.29, 1.82) is 0 Å². The maximum Gasteiger partial charge on any atom is 0.251 e. The van der Waals surface area contributed by atoms with Gasteiger partial charge < -0.3 is 16.0 Å². The van der Waals surface area contributed by atoms with E-state index in [1.807, 2.05) is 12.1 Å². The quantitative estimate of drug-likeness (QED) is 0.214. The summed E-state index contributed by atoms with van der Waals surface area (Å²) in [6.45, 7) is 1.54. The normalized spacial score (nSPS) is 10.7. The van der Waals surface area contributed by atoms with Crippen molar-refractivity contribution in [2.45, 2.75) is 13.0 Å². The lowest BCUT2D eigenvalue weighted by atomic mass is 10.2. The molecule has 27 heavy (non-hydrogen) atoms. The Bertz CT molecular complexity index is 756. The average molecular weight is 549 g/mol. The van der Waals surface area contributed by atoms with Crippen LogP contribution in [0.5, 0.6) is 0 Å². The molecular weight excluding hydrogens is 526 g/mol. The minimum atomic E-state index is -0.244. The van der Waals surface area contributed by atoms with Gasteiger partial charge in [0.25, 0.3) is 5.91 Å². The Hall–Kier alpha value is -1.68. The number of hydrogen-bond donors (Lipinski definition) is 3. The van der Waals surface area contributed by atoms with Crippen LogP contribution in [0.4, 0.5) is 4.39 Å². The molecule has 0 aliphatic carbocycles. The van der Waals surface area contributed by atoms with Crippen molar-refractivity contribution in [1.82, 2.24) is 16.0 Å². The highest BCUT2D eigenvalue weighted by molar-refractivity contribution is 14.0. The molecule has 0 aromatic heterocycles. The molecule has 2 aromatic carbocycles. The summed E-state index contributed by atoms with van der Waals surface area (Å²) in [4.78, 5) is 16.1. The zero-order valence-corrected chi connectivity index (χ0v) is 18.9. The molecular formula is C19H23BrFIN4O. The molecule has 0 aliphatic heterocycles. The van der Waals surface area contributed by atoms with E-state index in [0.29, 0.717) is 36.7 Å². The summed E-state index contributed by atoms with van der Waals surface area (Å²) >= 11 is 3.34. The molecule has 1 amide bonds. The van der Waals surface area contributed by atoms with E-state index >= 15 is 0 Å². The van der Waals surface area contributed by atoms with E-state index in [-0.39, 0.29) is 35.7 Å². The molecule has 3 N–H and O–H groups in total. The van der Waals surface area contributed by atoms with Gasteiger partial charge in [0.05, 0.1) is 0 Å². The molecule has 0 saturated carbocycles. The van der Waals surface area contributed by atoms with Gasteiger partial charge in [0.2, 0.25) is 0 Å². The van der Waals surface area contributed by atoms with Crippen molar-refractivity contribution < 1.29 is 9.18 Å². The number of amides is 1. The van der Waals surface area contributed by atoms with E-state index < -0.39 is 0 Å². The lowest BCUT2D eigenvalue weighted by Crippen LogP contribution is -2.38. The average Bonchev–Trinajstić information content (AvgIpc) is 2.65. The lowest BCUT2D eigenvalue weighted by Gasteiger charge is -2.12. The first-order chi connectivity index (χ1) is 12.6. The van der Waals surface area contributed by atoms with Crippen LogP contribution in [0.1, 0.15) is 22.3 Å². The standard InChI is InChI=1S/C19H22BrFN4O.HI/c1-22-19(25-13-15-5-2-3-6-17(15)21)24-12-4-11-23-18(26)14-7-9-16(20)10-8-14;/h2-3,5-10H,4,11-13H2,1H3,(H,23,26)(H2,22,24,25);1H. The summed E-state index contributed by atoms with van der Waals surface area (Å²) in [6, 6.07) is 13.8. The van der Waals surface area contributed by atoms with Crippen molar-refractivity contribution in [2.75, 3.05) is 20.1 Å². The fraction of sp³-hybridized carbons (Fsp3) is 0.263. The number of halogens is 3. The van der Waals surface area contributed by atoms with Gasteiger partial charge in [-0.05, 0) is 36.8 Å². The van der Waals surface area contributed by atoms with Gasteiger partial charge in [-0.15, -0.1) is 24.0 Å². The van der Waals surface area contributed by atoms with Crippen LogP contribution in [0.2, 0.25) is 0 Å². The van der Waals surface area contributed by atoms with E-state index in [1.54, 1.807) is 37.4 Å². The van der Waals surface area contributed by atoms with E-state index in [4.69, 9.17) is 0 Å². The minimum Gasteiger partial charge on any atom is -0.356 e. The van der Waals surface area contributed by atoms with E-state index in [0.717, 1.165) is 10.9 Å². The molecule has 2 rings (SSSR count). The number of rotatable bonds is 7. The van der Waals surface area contributed by atoms with Gasteiger partial charge in [-0.25, -0.2) is 4.39 Å². The molecule has 0 spiro atoms. The first-order valence-electron chi connectivity index (χ1n) is 8.32. The number of nitrogens with one attached hydrogen (secondary N) is 3. The number of carbonyl (C=O) groups is 1. The van der Waals surface area contributed by atoms with Gasteiger partial charge >= 0.3 is 0 Å². The van der Waals surface area contributed by atoms with Crippen LogP contribution in [0, 0.1) is 5.82 Å². The smallest absolute Gasteiger partial charge is 0.251 e. The monoisotopic (exact) mass is 548 g/mol. The zero-order chi connectivity index (χ0) is 18.8. The highest BCUT2D eigenvalue weighted by Crippen LogP contribution is 2.10. The Morgan fingerprint density at radius 3 is 2.37 bits per heavy atom. The summed E-state index contributed by atoms with van der Waals surface area (Å²) in [5.74, 6) is 0.248. The predicted molar refractivity (Wildman–Crippen MR) is 121 cm³/mol. The topological polar surface area (TPSA) is 65.5 Å². The van der Waals surface area contributed by atoms with E-state index in [2.05, 4.69) is 36.9 Å². The molecule has 0 heterocycles. The van der Waals surface area contributed by atoms with Gasteiger partial charge in [-0.1, -0.05) is 34.1 Å². The SMILES string of the molecule is CN=C(NCCCNC(=O)c1ccc(Br)cc1)NCc1ccccc1F.I. The van der Waals surface area contributed by atoms with Gasteiger partial charge in [-0.2, -0.15) is 0 Å². The second kappa shape index (κ2) is 12.7. The molecule has 0 bridgehead atoms. The van der Waals surface area contributed by atoms with Gasteiger partial charge in [-0.3, -0.25) is 9.79 Å². The van der Waals surface area contributed by atoms with Crippen LogP contribution >= 0.6 is 39.9 Å². The maximum absolute atomic E-state index is 13.6. The lowest BCUT2D eigenvalue weighted by molar-refractivity contribution is 0.0953. The third-order valence-corrected chi connectivity index (χ3v) is 4.19. The molecule has 0 unspecified atom stereocenters. The maximum atomic E-state index is 13.6. The number of carbonyl (C=O) groups excluding carboxylic acids is 1. The van der Waals surface area contributed by atoms with Crippen LogP contribution in [0.15, 0.2) is 58.0 Å². The van der Waals surface area contributed by atoms with Gasteiger partial charge in [0.15, 0.2) is 5.96 Å².